The number of rotatable bonds is 9. The number of benzene rings is 4. The van der Waals surface area contributed by atoms with Crippen LogP contribution in [0.1, 0.15) is 16.7 Å². The summed E-state index contributed by atoms with van der Waals surface area (Å²) in [6.07, 6.45) is 0. The standard InChI is InChI=1S/C27H24O3/c1-4-13-24(14-5-1)28-19-22-11-10-12-23(20-29-25-15-6-2-7-16-25)27(22)21-30-26-17-8-3-9-18-26/h1-18H,19-21H2. The van der Waals surface area contributed by atoms with Crippen molar-refractivity contribution in [2.45, 2.75) is 19.8 Å². The number of hydrogen-bond acceptors (Lipinski definition) is 3. The van der Waals surface area contributed by atoms with E-state index in [4.69, 9.17) is 14.2 Å². The van der Waals surface area contributed by atoms with Gasteiger partial charge in [-0.05, 0) is 47.5 Å². The van der Waals surface area contributed by atoms with Crippen LogP contribution in [0.25, 0.3) is 0 Å². The highest BCUT2D eigenvalue weighted by Gasteiger charge is 2.11. The van der Waals surface area contributed by atoms with Gasteiger partial charge in [-0.3, -0.25) is 0 Å². The molecule has 0 aliphatic carbocycles. The van der Waals surface area contributed by atoms with E-state index in [1.54, 1.807) is 0 Å². The zero-order chi connectivity index (χ0) is 20.4. The fourth-order valence-electron chi connectivity index (χ4n) is 3.17. The van der Waals surface area contributed by atoms with E-state index in [1.165, 1.54) is 0 Å². The molecule has 0 aliphatic heterocycles. The molecule has 150 valence electrons. The first-order chi connectivity index (χ1) is 14.9. The first kappa shape index (κ1) is 19.6. The normalized spacial score (nSPS) is 10.4. The fraction of sp³-hybridized carbons (Fsp3) is 0.111. The summed E-state index contributed by atoms with van der Waals surface area (Å²) in [4.78, 5) is 0. The summed E-state index contributed by atoms with van der Waals surface area (Å²) in [6.45, 7) is 1.39. The minimum Gasteiger partial charge on any atom is -0.489 e. The van der Waals surface area contributed by atoms with Gasteiger partial charge in [0.15, 0.2) is 0 Å². The van der Waals surface area contributed by atoms with Crippen molar-refractivity contribution in [2.24, 2.45) is 0 Å². The van der Waals surface area contributed by atoms with Crippen molar-refractivity contribution >= 4 is 0 Å². The molecule has 0 spiro atoms. The minimum absolute atomic E-state index is 0.450. The molecule has 3 nitrogen and oxygen atoms in total. The second-order valence-corrected chi connectivity index (χ2v) is 6.86. The predicted molar refractivity (Wildman–Crippen MR) is 119 cm³/mol. The molecule has 0 radical (unpaired) electrons. The van der Waals surface area contributed by atoms with Crippen molar-refractivity contribution in [1.29, 1.82) is 0 Å². The van der Waals surface area contributed by atoms with Gasteiger partial charge in [0.05, 0.1) is 0 Å². The molecular weight excluding hydrogens is 372 g/mol. The first-order valence-electron chi connectivity index (χ1n) is 10.0. The monoisotopic (exact) mass is 396 g/mol. The van der Waals surface area contributed by atoms with Crippen LogP contribution in [0.15, 0.2) is 109 Å². The fourth-order valence-corrected chi connectivity index (χ4v) is 3.17. The highest BCUT2D eigenvalue weighted by molar-refractivity contribution is 5.36. The Hall–Kier alpha value is -3.72. The van der Waals surface area contributed by atoms with Gasteiger partial charge in [0.25, 0.3) is 0 Å². The van der Waals surface area contributed by atoms with Gasteiger partial charge in [0.2, 0.25) is 0 Å². The molecule has 0 amide bonds. The molecule has 0 saturated heterocycles. The maximum atomic E-state index is 6.07. The van der Waals surface area contributed by atoms with Crippen LogP contribution in [0.2, 0.25) is 0 Å². The Morgan fingerprint density at radius 1 is 0.367 bits per heavy atom. The smallest absolute Gasteiger partial charge is 0.119 e. The van der Waals surface area contributed by atoms with E-state index in [1.807, 2.05) is 97.1 Å². The van der Waals surface area contributed by atoms with Gasteiger partial charge in [-0.1, -0.05) is 72.8 Å². The summed E-state index contributed by atoms with van der Waals surface area (Å²) in [5.74, 6) is 2.53. The maximum Gasteiger partial charge on any atom is 0.119 e. The summed E-state index contributed by atoms with van der Waals surface area (Å²) in [6, 6.07) is 35.7. The molecule has 0 saturated carbocycles. The van der Waals surface area contributed by atoms with Crippen molar-refractivity contribution in [3.8, 4) is 17.2 Å². The van der Waals surface area contributed by atoms with Gasteiger partial charge in [-0.2, -0.15) is 0 Å². The second-order valence-electron chi connectivity index (χ2n) is 6.86. The topological polar surface area (TPSA) is 27.7 Å². The van der Waals surface area contributed by atoms with E-state index in [2.05, 4.69) is 12.1 Å². The van der Waals surface area contributed by atoms with Crippen molar-refractivity contribution in [2.75, 3.05) is 0 Å². The molecule has 0 unspecified atom stereocenters. The molecule has 0 N–H and O–H groups in total. The molecule has 0 heterocycles. The predicted octanol–water partition coefficient (Wildman–Crippen LogP) is 6.42. The van der Waals surface area contributed by atoms with Crippen LogP contribution in [0.5, 0.6) is 17.2 Å². The van der Waals surface area contributed by atoms with Crippen molar-refractivity contribution in [3.05, 3.63) is 126 Å². The molecule has 0 bridgehead atoms. The Kier molecular flexibility index (Phi) is 6.64. The Morgan fingerprint density at radius 3 is 1.13 bits per heavy atom. The summed E-state index contributed by atoms with van der Waals surface area (Å²) >= 11 is 0. The summed E-state index contributed by atoms with van der Waals surface area (Å²) in [5, 5.41) is 0. The van der Waals surface area contributed by atoms with Crippen LogP contribution in [0, 0.1) is 0 Å². The van der Waals surface area contributed by atoms with Crippen LogP contribution >= 0.6 is 0 Å². The number of para-hydroxylation sites is 3. The SMILES string of the molecule is c1ccc(OCc2cccc(COc3ccccc3)c2COc2ccccc2)cc1. The first-order valence-corrected chi connectivity index (χ1v) is 10.0. The quantitative estimate of drug-likeness (QED) is 0.326. The summed E-state index contributed by atoms with van der Waals surface area (Å²) in [7, 11) is 0. The van der Waals surface area contributed by atoms with Crippen molar-refractivity contribution in [1.82, 2.24) is 0 Å². The lowest BCUT2D eigenvalue weighted by atomic mass is 10.0. The van der Waals surface area contributed by atoms with E-state index in [9.17, 15) is 0 Å². The van der Waals surface area contributed by atoms with Crippen LogP contribution in [-0.2, 0) is 19.8 Å². The molecule has 4 rings (SSSR count). The maximum absolute atomic E-state index is 6.07. The zero-order valence-corrected chi connectivity index (χ0v) is 16.7. The largest absolute Gasteiger partial charge is 0.489 e. The average Bonchev–Trinajstić information content (AvgIpc) is 2.82. The van der Waals surface area contributed by atoms with Gasteiger partial charge >= 0.3 is 0 Å². The third-order valence-electron chi connectivity index (χ3n) is 4.77. The lowest BCUT2D eigenvalue weighted by molar-refractivity contribution is 0.273. The minimum atomic E-state index is 0.450. The molecule has 0 atom stereocenters. The molecule has 0 fully saturated rings. The number of hydrogen-bond donors (Lipinski definition) is 0. The van der Waals surface area contributed by atoms with E-state index in [-0.39, 0.29) is 0 Å². The van der Waals surface area contributed by atoms with Gasteiger partial charge < -0.3 is 14.2 Å². The highest BCUT2D eigenvalue weighted by atomic mass is 16.5. The van der Waals surface area contributed by atoms with Gasteiger partial charge in [-0.25, -0.2) is 0 Å². The van der Waals surface area contributed by atoms with Crippen molar-refractivity contribution < 1.29 is 14.2 Å². The van der Waals surface area contributed by atoms with Crippen LogP contribution in [0.4, 0.5) is 0 Å². The lowest BCUT2D eigenvalue weighted by Crippen LogP contribution is -2.09. The summed E-state index contributed by atoms with van der Waals surface area (Å²) < 4.78 is 18.1. The van der Waals surface area contributed by atoms with E-state index in [0.717, 1.165) is 33.9 Å². The molecule has 0 aromatic heterocycles. The Bertz CT molecular complexity index is 970. The molecule has 0 aliphatic rings. The number of ether oxygens (including phenoxy) is 3. The van der Waals surface area contributed by atoms with Gasteiger partial charge in [0.1, 0.15) is 37.1 Å². The molecule has 4 aromatic carbocycles. The Labute approximate surface area is 177 Å². The van der Waals surface area contributed by atoms with Crippen LogP contribution < -0.4 is 14.2 Å². The Balaban J connectivity index is 1.54. The molecule has 30 heavy (non-hydrogen) atoms. The van der Waals surface area contributed by atoms with Crippen molar-refractivity contribution in [3.63, 3.8) is 0 Å². The highest BCUT2D eigenvalue weighted by Crippen LogP contribution is 2.22. The Morgan fingerprint density at radius 2 is 0.733 bits per heavy atom. The molecular formula is C27H24O3. The van der Waals surface area contributed by atoms with E-state index >= 15 is 0 Å². The van der Waals surface area contributed by atoms with Gasteiger partial charge in [-0.15, -0.1) is 0 Å². The third kappa shape index (κ3) is 5.42. The third-order valence-corrected chi connectivity index (χ3v) is 4.77. The lowest BCUT2D eigenvalue weighted by Gasteiger charge is -2.17. The average molecular weight is 396 g/mol. The van der Waals surface area contributed by atoms with Gasteiger partial charge in [0, 0.05) is 5.56 Å². The van der Waals surface area contributed by atoms with Crippen LogP contribution in [0.3, 0.4) is 0 Å². The van der Waals surface area contributed by atoms with E-state index in [0.29, 0.717) is 19.8 Å². The second kappa shape index (κ2) is 10.2. The van der Waals surface area contributed by atoms with Crippen LogP contribution in [-0.4, -0.2) is 0 Å². The molecule has 3 heteroatoms. The summed E-state index contributed by atoms with van der Waals surface area (Å²) in [5.41, 5.74) is 3.26. The molecule has 4 aromatic rings. The van der Waals surface area contributed by atoms with E-state index < -0.39 is 0 Å². The zero-order valence-electron chi connectivity index (χ0n) is 16.7.